The molecule has 94 valence electrons. The van der Waals surface area contributed by atoms with Crippen LogP contribution in [0.5, 0.6) is 0 Å². The van der Waals surface area contributed by atoms with E-state index in [4.69, 9.17) is 0 Å². The van der Waals surface area contributed by atoms with Gasteiger partial charge in [0.2, 0.25) is 0 Å². The molecule has 4 heteroatoms. The Balaban J connectivity index is 1.81. The molecule has 1 aliphatic carbocycles. The highest BCUT2D eigenvalue weighted by Crippen LogP contribution is 2.34. The van der Waals surface area contributed by atoms with E-state index in [1.807, 2.05) is 0 Å². The lowest BCUT2D eigenvalue weighted by atomic mass is 10.1. The fraction of sp³-hybridized carbons (Fsp3) is 1.00. The molecule has 1 saturated heterocycles. The van der Waals surface area contributed by atoms with Crippen LogP contribution < -0.4 is 5.32 Å². The number of hydrogen-bond acceptors (Lipinski definition) is 3. The van der Waals surface area contributed by atoms with Gasteiger partial charge in [0.25, 0.3) is 0 Å². The highest BCUT2D eigenvalue weighted by molar-refractivity contribution is 7.91. The second kappa shape index (κ2) is 5.05. The van der Waals surface area contributed by atoms with Crippen molar-refractivity contribution in [3.05, 3.63) is 0 Å². The highest BCUT2D eigenvalue weighted by atomic mass is 32.2. The van der Waals surface area contributed by atoms with Crippen molar-refractivity contribution in [1.82, 2.24) is 5.32 Å². The van der Waals surface area contributed by atoms with Gasteiger partial charge in [-0.15, -0.1) is 0 Å². The van der Waals surface area contributed by atoms with Crippen LogP contribution in [0.25, 0.3) is 0 Å². The lowest BCUT2D eigenvalue weighted by Gasteiger charge is -2.28. The first-order chi connectivity index (χ1) is 7.59. The summed E-state index contributed by atoms with van der Waals surface area (Å²) in [6.45, 7) is 2.19. The van der Waals surface area contributed by atoms with E-state index in [-0.39, 0.29) is 6.04 Å². The van der Waals surface area contributed by atoms with Crippen molar-refractivity contribution in [2.45, 2.75) is 57.5 Å². The van der Waals surface area contributed by atoms with Crippen LogP contribution >= 0.6 is 0 Å². The zero-order chi connectivity index (χ0) is 11.6. The first-order valence-electron chi connectivity index (χ1n) is 6.55. The molecule has 2 unspecified atom stereocenters. The molecule has 2 fully saturated rings. The van der Waals surface area contributed by atoms with Crippen LogP contribution in [-0.4, -0.2) is 32.0 Å². The molecular formula is C12H23NO2S. The van der Waals surface area contributed by atoms with Crippen LogP contribution in [0.3, 0.4) is 0 Å². The molecule has 2 rings (SSSR count). The standard InChI is InChI=1S/C12H23NO2S/c1-2-11(8-10-5-6-10)13-12-4-3-7-16(14,15)9-12/h10-13H,2-9H2,1H3. The van der Waals surface area contributed by atoms with Gasteiger partial charge >= 0.3 is 0 Å². The highest BCUT2D eigenvalue weighted by Gasteiger charge is 2.29. The Labute approximate surface area is 98.9 Å². The van der Waals surface area contributed by atoms with Crippen molar-refractivity contribution in [3.63, 3.8) is 0 Å². The van der Waals surface area contributed by atoms with Crippen molar-refractivity contribution >= 4 is 9.84 Å². The second-order valence-corrected chi connectivity index (χ2v) is 7.63. The molecule has 1 N–H and O–H groups in total. The predicted octanol–water partition coefficient (Wildman–Crippen LogP) is 1.73. The summed E-state index contributed by atoms with van der Waals surface area (Å²) in [6, 6.07) is 0.744. The summed E-state index contributed by atoms with van der Waals surface area (Å²) in [4.78, 5) is 0. The third-order valence-electron chi connectivity index (χ3n) is 3.74. The third-order valence-corrected chi connectivity index (χ3v) is 5.56. The zero-order valence-corrected chi connectivity index (χ0v) is 10.9. The minimum atomic E-state index is -2.76. The summed E-state index contributed by atoms with van der Waals surface area (Å²) >= 11 is 0. The Kier molecular flexibility index (Phi) is 3.90. The van der Waals surface area contributed by atoms with Gasteiger partial charge in [0, 0.05) is 12.1 Å². The van der Waals surface area contributed by atoms with Crippen LogP contribution in [0, 0.1) is 5.92 Å². The lowest BCUT2D eigenvalue weighted by Crippen LogP contribution is -2.45. The first kappa shape index (κ1) is 12.4. The van der Waals surface area contributed by atoms with Gasteiger partial charge in [0.1, 0.15) is 0 Å². The van der Waals surface area contributed by atoms with E-state index in [2.05, 4.69) is 12.2 Å². The fourth-order valence-electron chi connectivity index (χ4n) is 2.60. The SMILES string of the molecule is CCC(CC1CC1)NC1CCCS(=O)(=O)C1. The maximum atomic E-state index is 11.5. The smallest absolute Gasteiger partial charge is 0.151 e. The van der Waals surface area contributed by atoms with Crippen molar-refractivity contribution < 1.29 is 8.42 Å². The van der Waals surface area contributed by atoms with Gasteiger partial charge in [0.05, 0.1) is 11.5 Å². The van der Waals surface area contributed by atoms with E-state index < -0.39 is 9.84 Å². The van der Waals surface area contributed by atoms with E-state index in [9.17, 15) is 8.42 Å². The maximum absolute atomic E-state index is 11.5. The first-order valence-corrected chi connectivity index (χ1v) is 8.37. The summed E-state index contributed by atoms with van der Waals surface area (Å²) in [5, 5.41) is 3.55. The molecule has 2 atom stereocenters. The molecule has 1 aliphatic heterocycles. The van der Waals surface area contributed by atoms with E-state index >= 15 is 0 Å². The van der Waals surface area contributed by atoms with Gasteiger partial charge in [-0.3, -0.25) is 0 Å². The van der Waals surface area contributed by atoms with Crippen LogP contribution in [-0.2, 0) is 9.84 Å². The summed E-state index contributed by atoms with van der Waals surface area (Å²) in [5.74, 6) is 1.66. The van der Waals surface area contributed by atoms with Crippen LogP contribution in [0.15, 0.2) is 0 Å². The Bertz CT molecular complexity index is 322. The molecule has 0 aromatic carbocycles. The molecule has 1 saturated carbocycles. The Morgan fingerprint density at radius 1 is 1.31 bits per heavy atom. The molecule has 0 amide bonds. The third kappa shape index (κ3) is 3.74. The Morgan fingerprint density at radius 2 is 2.06 bits per heavy atom. The van der Waals surface area contributed by atoms with Crippen molar-refractivity contribution in [2.24, 2.45) is 5.92 Å². The average Bonchev–Trinajstić information content (AvgIpc) is 2.99. The maximum Gasteiger partial charge on any atom is 0.151 e. The van der Waals surface area contributed by atoms with E-state index in [1.54, 1.807) is 0 Å². The van der Waals surface area contributed by atoms with Crippen molar-refractivity contribution in [1.29, 1.82) is 0 Å². The van der Waals surface area contributed by atoms with Gasteiger partial charge in [-0.05, 0) is 31.6 Å². The molecule has 0 bridgehead atoms. The van der Waals surface area contributed by atoms with Gasteiger partial charge in [-0.25, -0.2) is 8.42 Å². The quantitative estimate of drug-likeness (QED) is 0.802. The summed E-state index contributed by atoms with van der Waals surface area (Å²) in [6.07, 6.45) is 6.97. The van der Waals surface area contributed by atoms with Crippen molar-refractivity contribution in [2.75, 3.05) is 11.5 Å². The minimum absolute atomic E-state index is 0.211. The molecule has 16 heavy (non-hydrogen) atoms. The number of nitrogens with one attached hydrogen (secondary N) is 1. The summed E-state index contributed by atoms with van der Waals surface area (Å²) in [5.41, 5.74) is 0. The van der Waals surface area contributed by atoms with Gasteiger partial charge in [0.15, 0.2) is 9.84 Å². The molecule has 2 aliphatic rings. The fourth-order valence-corrected chi connectivity index (χ4v) is 4.25. The zero-order valence-electron chi connectivity index (χ0n) is 10.1. The Hall–Kier alpha value is -0.0900. The van der Waals surface area contributed by atoms with E-state index in [1.165, 1.54) is 19.3 Å². The van der Waals surface area contributed by atoms with Gasteiger partial charge < -0.3 is 5.32 Å². The van der Waals surface area contributed by atoms with Gasteiger partial charge in [-0.1, -0.05) is 19.8 Å². The van der Waals surface area contributed by atoms with Crippen molar-refractivity contribution in [3.8, 4) is 0 Å². The number of sulfone groups is 1. The molecular weight excluding hydrogens is 222 g/mol. The Morgan fingerprint density at radius 3 is 2.62 bits per heavy atom. The van der Waals surface area contributed by atoms with Crippen LogP contribution in [0.2, 0.25) is 0 Å². The molecule has 0 radical (unpaired) electrons. The number of rotatable bonds is 5. The molecule has 0 spiro atoms. The average molecular weight is 245 g/mol. The van der Waals surface area contributed by atoms with Crippen LogP contribution in [0.1, 0.15) is 45.4 Å². The summed E-state index contributed by atoms with van der Waals surface area (Å²) < 4.78 is 23.1. The van der Waals surface area contributed by atoms with Gasteiger partial charge in [-0.2, -0.15) is 0 Å². The second-order valence-electron chi connectivity index (χ2n) is 5.40. The van der Waals surface area contributed by atoms with Crippen LogP contribution in [0.4, 0.5) is 0 Å². The molecule has 1 heterocycles. The largest absolute Gasteiger partial charge is 0.310 e. The monoisotopic (exact) mass is 245 g/mol. The molecule has 3 nitrogen and oxygen atoms in total. The molecule has 0 aromatic heterocycles. The minimum Gasteiger partial charge on any atom is -0.310 e. The number of hydrogen-bond donors (Lipinski definition) is 1. The predicted molar refractivity (Wildman–Crippen MR) is 66.2 cm³/mol. The topological polar surface area (TPSA) is 46.2 Å². The lowest BCUT2D eigenvalue weighted by molar-refractivity contribution is 0.378. The summed E-state index contributed by atoms with van der Waals surface area (Å²) in [7, 11) is -2.76. The van der Waals surface area contributed by atoms with E-state index in [0.29, 0.717) is 17.5 Å². The molecule has 0 aromatic rings. The van der Waals surface area contributed by atoms with E-state index in [0.717, 1.165) is 25.2 Å². The normalized spacial score (nSPS) is 31.2.